The maximum atomic E-state index is 11.3. The number of nitrogens with one attached hydrogen (secondary N) is 1. The Morgan fingerprint density at radius 2 is 2.39 bits per heavy atom. The van der Waals surface area contributed by atoms with Crippen LogP contribution in [0.25, 0.3) is 0 Å². The molecule has 0 unspecified atom stereocenters. The summed E-state index contributed by atoms with van der Waals surface area (Å²) in [6.45, 7) is 2.56. The highest BCUT2D eigenvalue weighted by molar-refractivity contribution is 5.77. The Morgan fingerprint density at radius 3 is 3.17 bits per heavy atom. The third-order valence-corrected chi connectivity index (χ3v) is 3.22. The smallest absolute Gasteiger partial charge is 0.257 e. The number of hydrogen-bond donors (Lipinski definition) is 2. The molecule has 0 saturated carbocycles. The average Bonchev–Trinajstić information content (AvgIpc) is 2.37. The fourth-order valence-corrected chi connectivity index (χ4v) is 2.30. The van der Waals surface area contributed by atoms with Crippen molar-refractivity contribution in [3.05, 3.63) is 29.3 Å². The van der Waals surface area contributed by atoms with Crippen molar-refractivity contribution < 1.29 is 9.53 Å². The first kappa shape index (κ1) is 12.9. The Balaban J connectivity index is 2.02. The topological polar surface area (TPSA) is 64.3 Å². The minimum absolute atomic E-state index is 0.0574. The van der Waals surface area contributed by atoms with Crippen molar-refractivity contribution >= 4 is 5.91 Å². The fraction of sp³-hybridized carbons (Fsp3) is 0.500. The van der Waals surface area contributed by atoms with Gasteiger partial charge < -0.3 is 15.8 Å². The van der Waals surface area contributed by atoms with Gasteiger partial charge >= 0.3 is 0 Å². The lowest BCUT2D eigenvalue weighted by molar-refractivity contribution is -0.122. The van der Waals surface area contributed by atoms with E-state index in [1.54, 1.807) is 0 Å². The van der Waals surface area contributed by atoms with Crippen LogP contribution < -0.4 is 15.8 Å². The van der Waals surface area contributed by atoms with Gasteiger partial charge in [0.05, 0.1) is 0 Å². The molecule has 1 aliphatic rings. The van der Waals surface area contributed by atoms with Crippen molar-refractivity contribution in [3.8, 4) is 5.75 Å². The van der Waals surface area contributed by atoms with E-state index in [9.17, 15) is 4.79 Å². The predicted octanol–water partition coefficient (Wildman–Crippen LogP) is 1.54. The minimum Gasteiger partial charge on any atom is -0.484 e. The second-order valence-corrected chi connectivity index (χ2v) is 4.60. The molecule has 0 aliphatic heterocycles. The van der Waals surface area contributed by atoms with Crippen molar-refractivity contribution in [3.63, 3.8) is 0 Å². The van der Waals surface area contributed by atoms with Crippen LogP contribution in [0.15, 0.2) is 18.2 Å². The van der Waals surface area contributed by atoms with E-state index < -0.39 is 0 Å². The molecule has 3 N–H and O–H groups in total. The van der Waals surface area contributed by atoms with E-state index in [2.05, 4.69) is 11.4 Å². The zero-order chi connectivity index (χ0) is 13.0. The third-order valence-electron chi connectivity index (χ3n) is 3.22. The molecular formula is C14H20N2O2. The quantitative estimate of drug-likeness (QED) is 0.849. The number of rotatable bonds is 4. The number of benzene rings is 1. The molecule has 0 bridgehead atoms. The van der Waals surface area contributed by atoms with Gasteiger partial charge in [-0.3, -0.25) is 4.79 Å². The Kier molecular flexibility index (Phi) is 4.20. The Labute approximate surface area is 108 Å². The Hall–Kier alpha value is -1.55. The van der Waals surface area contributed by atoms with Crippen molar-refractivity contribution in [2.24, 2.45) is 5.73 Å². The van der Waals surface area contributed by atoms with Crippen molar-refractivity contribution in [1.82, 2.24) is 5.32 Å². The zero-order valence-electron chi connectivity index (χ0n) is 10.7. The molecular weight excluding hydrogens is 228 g/mol. The molecule has 1 atom stereocenters. The second-order valence-electron chi connectivity index (χ2n) is 4.60. The first-order valence-corrected chi connectivity index (χ1v) is 6.48. The molecule has 0 aromatic heterocycles. The van der Waals surface area contributed by atoms with E-state index >= 15 is 0 Å². The maximum absolute atomic E-state index is 11.3. The molecule has 4 nitrogen and oxygen atoms in total. The van der Waals surface area contributed by atoms with E-state index in [4.69, 9.17) is 10.5 Å². The van der Waals surface area contributed by atoms with Gasteiger partial charge in [0.1, 0.15) is 5.75 Å². The molecule has 0 heterocycles. The molecule has 98 valence electrons. The largest absolute Gasteiger partial charge is 0.484 e. The summed E-state index contributed by atoms with van der Waals surface area (Å²) in [6.07, 6.45) is 3.25. The van der Waals surface area contributed by atoms with E-state index in [1.165, 1.54) is 5.56 Å². The molecule has 0 spiro atoms. The standard InChI is InChI=1S/C14H20N2O2/c1-2-16-14(17)9-18-11-7-6-10-4-3-5-13(15)12(10)8-11/h6-8,13H,2-5,9,15H2,1H3,(H,16,17)/t13-/m0/s1. The monoisotopic (exact) mass is 248 g/mol. The normalized spacial score (nSPS) is 18.0. The van der Waals surface area contributed by atoms with Gasteiger partial charge in [0, 0.05) is 12.6 Å². The zero-order valence-corrected chi connectivity index (χ0v) is 10.7. The van der Waals surface area contributed by atoms with Crippen LogP contribution in [0.3, 0.4) is 0 Å². The lowest BCUT2D eigenvalue weighted by atomic mass is 9.88. The number of likely N-dealkylation sites (N-methyl/N-ethyl adjacent to an activating group) is 1. The third kappa shape index (κ3) is 3.01. The number of aryl methyl sites for hydroxylation is 1. The Morgan fingerprint density at radius 1 is 1.56 bits per heavy atom. The van der Waals surface area contributed by atoms with Gasteiger partial charge in [0.15, 0.2) is 6.61 Å². The number of amides is 1. The van der Waals surface area contributed by atoms with Gasteiger partial charge in [-0.1, -0.05) is 6.07 Å². The predicted molar refractivity (Wildman–Crippen MR) is 70.5 cm³/mol. The minimum atomic E-state index is -0.0977. The molecule has 1 aromatic rings. The summed E-state index contributed by atoms with van der Waals surface area (Å²) in [5.74, 6) is 0.622. The molecule has 1 amide bonds. The van der Waals surface area contributed by atoms with Crippen molar-refractivity contribution in [2.75, 3.05) is 13.2 Å². The summed E-state index contributed by atoms with van der Waals surface area (Å²) in [5.41, 5.74) is 8.55. The summed E-state index contributed by atoms with van der Waals surface area (Å²) in [5, 5.41) is 2.70. The van der Waals surface area contributed by atoms with Crippen LogP contribution in [-0.2, 0) is 11.2 Å². The van der Waals surface area contributed by atoms with Crippen LogP contribution >= 0.6 is 0 Å². The first-order chi connectivity index (χ1) is 8.70. The highest BCUT2D eigenvalue weighted by Gasteiger charge is 2.17. The highest BCUT2D eigenvalue weighted by atomic mass is 16.5. The van der Waals surface area contributed by atoms with Gasteiger partial charge in [-0.2, -0.15) is 0 Å². The maximum Gasteiger partial charge on any atom is 0.257 e. The number of carbonyl (C=O) groups excluding carboxylic acids is 1. The van der Waals surface area contributed by atoms with Crippen LogP contribution in [0.4, 0.5) is 0 Å². The molecule has 2 rings (SSSR count). The highest BCUT2D eigenvalue weighted by Crippen LogP contribution is 2.30. The van der Waals surface area contributed by atoms with Crippen LogP contribution in [0.5, 0.6) is 5.75 Å². The number of hydrogen-bond acceptors (Lipinski definition) is 3. The van der Waals surface area contributed by atoms with Gasteiger partial charge in [-0.25, -0.2) is 0 Å². The van der Waals surface area contributed by atoms with Crippen LogP contribution in [0, 0.1) is 0 Å². The number of carbonyl (C=O) groups is 1. The molecule has 0 radical (unpaired) electrons. The Bertz CT molecular complexity index is 432. The molecule has 1 aromatic carbocycles. The van der Waals surface area contributed by atoms with Gasteiger partial charge in [0.25, 0.3) is 5.91 Å². The van der Waals surface area contributed by atoms with Crippen LogP contribution in [-0.4, -0.2) is 19.1 Å². The molecule has 18 heavy (non-hydrogen) atoms. The summed E-state index contributed by atoms with van der Waals surface area (Å²) >= 11 is 0. The lowest BCUT2D eigenvalue weighted by Gasteiger charge is -2.22. The van der Waals surface area contributed by atoms with Crippen LogP contribution in [0.2, 0.25) is 0 Å². The van der Waals surface area contributed by atoms with Crippen LogP contribution in [0.1, 0.15) is 36.9 Å². The summed E-state index contributed by atoms with van der Waals surface area (Å²) in [7, 11) is 0. The fourth-order valence-electron chi connectivity index (χ4n) is 2.30. The SMILES string of the molecule is CCNC(=O)COc1ccc2c(c1)[C@@H](N)CCC2. The molecule has 4 heteroatoms. The van der Waals surface area contributed by atoms with E-state index in [-0.39, 0.29) is 18.6 Å². The second kappa shape index (κ2) is 5.87. The lowest BCUT2D eigenvalue weighted by Crippen LogP contribution is -2.28. The number of nitrogens with two attached hydrogens (primary N) is 1. The number of fused-ring (bicyclic) bond motifs is 1. The molecule has 0 saturated heterocycles. The summed E-state index contributed by atoms with van der Waals surface area (Å²) in [4.78, 5) is 11.3. The van der Waals surface area contributed by atoms with Gasteiger partial charge in [-0.05, 0) is 49.4 Å². The van der Waals surface area contributed by atoms with Gasteiger partial charge in [-0.15, -0.1) is 0 Å². The molecule has 1 aliphatic carbocycles. The van der Waals surface area contributed by atoms with E-state index in [0.717, 1.165) is 30.6 Å². The van der Waals surface area contributed by atoms with Crippen molar-refractivity contribution in [1.29, 1.82) is 0 Å². The summed E-state index contributed by atoms with van der Waals surface area (Å²) in [6, 6.07) is 6.04. The number of ether oxygens (including phenoxy) is 1. The first-order valence-electron chi connectivity index (χ1n) is 6.48. The van der Waals surface area contributed by atoms with Gasteiger partial charge in [0.2, 0.25) is 0 Å². The van der Waals surface area contributed by atoms with Crippen molar-refractivity contribution in [2.45, 2.75) is 32.2 Å². The van der Waals surface area contributed by atoms with E-state index in [0.29, 0.717) is 6.54 Å². The summed E-state index contributed by atoms with van der Waals surface area (Å²) < 4.78 is 5.47. The average molecular weight is 248 g/mol. The molecule has 0 fully saturated rings. The van der Waals surface area contributed by atoms with E-state index in [1.807, 2.05) is 19.1 Å².